The van der Waals surface area contributed by atoms with Crippen molar-refractivity contribution in [2.45, 2.75) is 25.8 Å². The molecule has 0 saturated heterocycles. The predicted molar refractivity (Wildman–Crippen MR) is 77.2 cm³/mol. The lowest BCUT2D eigenvalue weighted by Crippen LogP contribution is -2.52. The minimum Gasteiger partial charge on any atom is -0.491 e. The summed E-state index contributed by atoms with van der Waals surface area (Å²) in [5.74, 6) is -0.790. The molecule has 0 aliphatic heterocycles. The minimum absolute atomic E-state index is 0.193. The number of rotatable bonds is 9. The van der Waals surface area contributed by atoms with Gasteiger partial charge in [-0.1, -0.05) is 25.1 Å². The Labute approximate surface area is 124 Å². The average Bonchev–Trinajstić information content (AvgIpc) is 2.47. The fraction of sp³-hybridized carbons (Fsp3) is 0.467. The highest BCUT2D eigenvalue weighted by Gasteiger charge is 2.32. The van der Waals surface area contributed by atoms with E-state index < -0.39 is 17.4 Å². The van der Waals surface area contributed by atoms with Crippen molar-refractivity contribution < 1.29 is 24.2 Å². The predicted octanol–water partition coefficient (Wildman–Crippen LogP) is 1.45. The monoisotopic (exact) mass is 295 g/mol. The topological polar surface area (TPSA) is 84.9 Å². The number of amides is 1. The van der Waals surface area contributed by atoms with Crippen molar-refractivity contribution in [1.29, 1.82) is 0 Å². The molecule has 1 unspecified atom stereocenters. The molecule has 1 amide bonds. The zero-order valence-electron chi connectivity index (χ0n) is 12.3. The summed E-state index contributed by atoms with van der Waals surface area (Å²) in [5, 5.41) is 11.5. The van der Waals surface area contributed by atoms with E-state index in [9.17, 15) is 9.59 Å². The van der Waals surface area contributed by atoms with Gasteiger partial charge < -0.3 is 19.9 Å². The molecule has 116 valence electrons. The Balaban J connectivity index is 2.20. The van der Waals surface area contributed by atoms with E-state index in [-0.39, 0.29) is 13.2 Å². The van der Waals surface area contributed by atoms with Crippen LogP contribution in [0, 0.1) is 0 Å². The first-order chi connectivity index (χ1) is 9.98. The molecule has 0 aromatic heterocycles. The number of para-hydroxylation sites is 1. The molecule has 0 radical (unpaired) electrons. The van der Waals surface area contributed by atoms with Crippen molar-refractivity contribution in [3.63, 3.8) is 0 Å². The third-order valence-electron chi connectivity index (χ3n) is 3.07. The van der Waals surface area contributed by atoms with E-state index in [4.69, 9.17) is 14.6 Å². The van der Waals surface area contributed by atoms with Crippen LogP contribution in [0.4, 0.5) is 0 Å². The number of benzene rings is 1. The molecule has 21 heavy (non-hydrogen) atoms. The largest absolute Gasteiger partial charge is 0.491 e. The zero-order valence-corrected chi connectivity index (χ0v) is 12.3. The molecule has 6 nitrogen and oxygen atoms in total. The molecule has 1 atom stereocenters. The third kappa shape index (κ3) is 5.83. The number of hydrogen-bond acceptors (Lipinski definition) is 4. The Bertz CT molecular complexity index is 462. The first-order valence-electron chi connectivity index (χ1n) is 6.78. The van der Waals surface area contributed by atoms with Gasteiger partial charge in [-0.15, -0.1) is 0 Å². The van der Waals surface area contributed by atoms with Crippen LogP contribution >= 0.6 is 0 Å². The molecule has 1 aromatic rings. The van der Waals surface area contributed by atoms with E-state index >= 15 is 0 Å². The standard InChI is InChI=1S/C15H21NO5/c1-3-15(2,14(18)19)16-13(17)11-20-9-10-21-12-7-5-4-6-8-12/h4-8H,3,9-11H2,1-2H3,(H,16,17)(H,18,19). The molecule has 0 aliphatic carbocycles. The van der Waals surface area contributed by atoms with E-state index in [0.29, 0.717) is 13.0 Å². The Kier molecular flexibility index (Phi) is 6.68. The lowest BCUT2D eigenvalue weighted by atomic mass is 9.99. The normalized spacial score (nSPS) is 13.2. The van der Waals surface area contributed by atoms with Crippen LogP contribution in [0.1, 0.15) is 20.3 Å². The average molecular weight is 295 g/mol. The molecule has 2 N–H and O–H groups in total. The van der Waals surface area contributed by atoms with Gasteiger partial charge in [-0.2, -0.15) is 0 Å². The maximum absolute atomic E-state index is 11.6. The van der Waals surface area contributed by atoms with Gasteiger partial charge in [0.15, 0.2) is 0 Å². The summed E-state index contributed by atoms with van der Waals surface area (Å²) >= 11 is 0. The van der Waals surface area contributed by atoms with Crippen LogP contribution in [0.2, 0.25) is 0 Å². The van der Waals surface area contributed by atoms with Gasteiger partial charge in [0.25, 0.3) is 0 Å². The fourth-order valence-corrected chi connectivity index (χ4v) is 1.54. The molecule has 0 bridgehead atoms. The number of hydrogen-bond donors (Lipinski definition) is 2. The molecule has 1 rings (SSSR count). The Morgan fingerprint density at radius 1 is 1.24 bits per heavy atom. The number of carbonyl (C=O) groups is 2. The molecular weight excluding hydrogens is 274 g/mol. The van der Waals surface area contributed by atoms with Crippen molar-refractivity contribution in [3.05, 3.63) is 30.3 Å². The summed E-state index contributed by atoms with van der Waals surface area (Å²) in [6.45, 7) is 3.54. The summed E-state index contributed by atoms with van der Waals surface area (Å²) in [7, 11) is 0. The van der Waals surface area contributed by atoms with Crippen molar-refractivity contribution in [2.75, 3.05) is 19.8 Å². The number of carbonyl (C=O) groups excluding carboxylic acids is 1. The Morgan fingerprint density at radius 2 is 1.90 bits per heavy atom. The molecule has 0 saturated carbocycles. The Morgan fingerprint density at radius 3 is 2.48 bits per heavy atom. The van der Waals surface area contributed by atoms with E-state index in [1.165, 1.54) is 6.92 Å². The van der Waals surface area contributed by atoms with Gasteiger partial charge in [-0.25, -0.2) is 4.79 Å². The van der Waals surface area contributed by atoms with Gasteiger partial charge in [0, 0.05) is 0 Å². The number of nitrogens with one attached hydrogen (secondary N) is 1. The summed E-state index contributed by atoms with van der Waals surface area (Å²) in [6, 6.07) is 9.27. The second-order valence-corrected chi connectivity index (χ2v) is 4.75. The first kappa shape index (κ1) is 17.0. The van der Waals surface area contributed by atoms with E-state index in [1.807, 2.05) is 30.3 Å². The quantitative estimate of drug-likeness (QED) is 0.674. The van der Waals surface area contributed by atoms with E-state index in [0.717, 1.165) is 5.75 Å². The van der Waals surface area contributed by atoms with Gasteiger partial charge in [-0.3, -0.25) is 4.79 Å². The molecule has 0 fully saturated rings. The van der Waals surface area contributed by atoms with Crippen LogP contribution < -0.4 is 10.1 Å². The van der Waals surface area contributed by atoms with Crippen LogP contribution in [0.25, 0.3) is 0 Å². The SMILES string of the molecule is CCC(C)(NC(=O)COCCOc1ccccc1)C(=O)O. The summed E-state index contributed by atoms with van der Waals surface area (Å²) in [5.41, 5.74) is -1.26. The maximum atomic E-state index is 11.6. The number of carboxylic acid groups (broad SMARTS) is 1. The number of ether oxygens (including phenoxy) is 2. The van der Waals surface area contributed by atoms with Crippen molar-refractivity contribution in [2.24, 2.45) is 0 Å². The van der Waals surface area contributed by atoms with Crippen LogP contribution in [-0.4, -0.2) is 42.3 Å². The molecule has 0 heterocycles. The third-order valence-corrected chi connectivity index (χ3v) is 3.07. The van der Waals surface area contributed by atoms with Crippen molar-refractivity contribution in [3.8, 4) is 5.75 Å². The summed E-state index contributed by atoms with van der Waals surface area (Å²) in [4.78, 5) is 22.7. The smallest absolute Gasteiger partial charge is 0.329 e. The first-order valence-corrected chi connectivity index (χ1v) is 6.78. The molecule has 6 heteroatoms. The molecule has 1 aromatic carbocycles. The van der Waals surface area contributed by atoms with Crippen LogP contribution in [0.15, 0.2) is 30.3 Å². The van der Waals surface area contributed by atoms with Crippen molar-refractivity contribution in [1.82, 2.24) is 5.32 Å². The highest BCUT2D eigenvalue weighted by molar-refractivity contribution is 5.87. The van der Waals surface area contributed by atoms with E-state index in [1.54, 1.807) is 6.92 Å². The maximum Gasteiger partial charge on any atom is 0.329 e. The molecule has 0 spiro atoms. The van der Waals surface area contributed by atoms with Crippen LogP contribution in [-0.2, 0) is 14.3 Å². The van der Waals surface area contributed by atoms with Gasteiger partial charge in [0.1, 0.15) is 24.5 Å². The molecular formula is C15H21NO5. The van der Waals surface area contributed by atoms with Gasteiger partial charge in [0.05, 0.1) is 6.61 Å². The van der Waals surface area contributed by atoms with Gasteiger partial charge in [0.2, 0.25) is 5.91 Å². The van der Waals surface area contributed by atoms with Crippen LogP contribution in [0.3, 0.4) is 0 Å². The van der Waals surface area contributed by atoms with Crippen molar-refractivity contribution >= 4 is 11.9 Å². The number of carboxylic acids is 1. The Hall–Kier alpha value is -2.08. The molecule has 0 aliphatic rings. The highest BCUT2D eigenvalue weighted by atomic mass is 16.5. The second-order valence-electron chi connectivity index (χ2n) is 4.75. The van der Waals surface area contributed by atoms with Gasteiger partial charge in [-0.05, 0) is 25.5 Å². The lowest BCUT2D eigenvalue weighted by molar-refractivity contribution is -0.147. The lowest BCUT2D eigenvalue weighted by Gasteiger charge is -2.24. The minimum atomic E-state index is -1.26. The zero-order chi connectivity index (χ0) is 15.7. The van der Waals surface area contributed by atoms with Gasteiger partial charge >= 0.3 is 5.97 Å². The highest BCUT2D eigenvalue weighted by Crippen LogP contribution is 2.09. The summed E-state index contributed by atoms with van der Waals surface area (Å²) in [6.07, 6.45) is 0.297. The second kappa shape index (κ2) is 8.26. The van der Waals surface area contributed by atoms with E-state index in [2.05, 4.69) is 5.32 Å². The number of aliphatic carboxylic acids is 1. The van der Waals surface area contributed by atoms with Crippen LogP contribution in [0.5, 0.6) is 5.75 Å². The fourth-order valence-electron chi connectivity index (χ4n) is 1.54. The summed E-state index contributed by atoms with van der Waals surface area (Å²) < 4.78 is 10.6.